The Morgan fingerprint density at radius 2 is 1.71 bits per heavy atom. The van der Waals surface area contributed by atoms with Crippen molar-refractivity contribution in [1.82, 2.24) is 14.8 Å². The molecule has 2 aliphatic heterocycles. The van der Waals surface area contributed by atoms with E-state index in [1.165, 1.54) is 5.56 Å². The summed E-state index contributed by atoms with van der Waals surface area (Å²) >= 11 is 0. The normalized spacial score (nSPS) is 24.2. The minimum Gasteiger partial charge on any atom is -0.338 e. The summed E-state index contributed by atoms with van der Waals surface area (Å²) in [6, 6.07) is 16.4. The summed E-state index contributed by atoms with van der Waals surface area (Å²) in [7, 11) is 0. The average Bonchev–Trinajstić information content (AvgIpc) is 2.98. The van der Waals surface area contributed by atoms with Crippen LogP contribution in [0.15, 0.2) is 54.7 Å². The largest absolute Gasteiger partial charge is 0.338 e. The summed E-state index contributed by atoms with van der Waals surface area (Å²) in [6.45, 7) is 4.60. The molecule has 4 rings (SSSR count). The first kappa shape index (κ1) is 15.3. The van der Waals surface area contributed by atoms with Crippen molar-refractivity contribution in [3.63, 3.8) is 0 Å². The van der Waals surface area contributed by atoms with Gasteiger partial charge in [-0.1, -0.05) is 36.4 Å². The maximum absolute atomic E-state index is 12.5. The highest BCUT2D eigenvalue weighted by atomic mass is 16.2. The summed E-state index contributed by atoms with van der Waals surface area (Å²) in [5.74, 6) is 1.41. The SMILES string of the molecule is O=C1C[C@H]2CN(Cc3ccccn3)C[C@H]2CN1Cc1ccccc1. The third-order valence-corrected chi connectivity index (χ3v) is 5.22. The molecule has 0 aliphatic carbocycles. The fourth-order valence-electron chi connectivity index (χ4n) is 4.02. The number of aromatic nitrogens is 1. The van der Waals surface area contributed by atoms with Crippen LogP contribution in [0.25, 0.3) is 0 Å². The molecule has 4 heteroatoms. The monoisotopic (exact) mass is 321 g/mol. The topological polar surface area (TPSA) is 36.4 Å². The van der Waals surface area contributed by atoms with E-state index < -0.39 is 0 Å². The highest BCUT2D eigenvalue weighted by Crippen LogP contribution is 2.33. The predicted molar refractivity (Wildman–Crippen MR) is 93.0 cm³/mol. The van der Waals surface area contributed by atoms with Gasteiger partial charge < -0.3 is 4.90 Å². The lowest BCUT2D eigenvalue weighted by molar-refractivity contribution is -0.136. The van der Waals surface area contributed by atoms with Crippen LogP contribution in [-0.4, -0.2) is 40.3 Å². The van der Waals surface area contributed by atoms with Crippen LogP contribution in [0, 0.1) is 11.8 Å². The second kappa shape index (κ2) is 6.73. The molecule has 1 amide bonds. The van der Waals surface area contributed by atoms with Crippen molar-refractivity contribution in [2.45, 2.75) is 19.5 Å². The third-order valence-electron chi connectivity index (χ3n) is 5.22. The number of carbonyl (C=O) groups excluding carboxylic acids is 1. The number of piperidine rings is 1. The standard InChI is InChI=1S/C20H23N3O/c24-20-10-17-12-22(15-19-8-4-5-9-21-19)13-18(17)14-23(20)11-16-6-2-1-3-7-16/h1-9,17-18H,10-15H2/t17-,18-/m0/s1. The van der Waals surface area contributed by atoms with Gasteiger partial charge in [0.1, 0.15) is 0 Å². The molecule has 0 bridgehead atoms. The molecule has 2 saturated heterocycles. The molecule has 1 aromatic carbocycles. The number of amides is 1. The lowest BCUT2D eigenvalue weighted by atomic mass is 9.88. The Morgan fingerprint density at radius 3 is 2.50 bits per heavy atom. The first-order chi connectivity index (χ1) is 11.8. The van der Waals surface area contributed by atoms with Gasteiger partial charge in [0.2, 0.25) is 5.91 Å². The third kappa shape index (κ3) is 3.34. The molecule has 2 aromatic rings. The van der Waals surface area contributed by atoms with Crippen molar-refractivity contribution in [3.05, 3.63) is 66.0 Å². The zero-order chi connectivity index (χ0) is 16.4. The second-order valence-electron chi connectivity index (χ2n) is 7.00. The van der Waals surface area contributed by atoms with E-state index in [4.69, 9.17) is 0 Å². The van der Waals surface area contributed by atoms with Crippen molar-refractivity contribution < 1.29 is 4.79 Å². The predicted octanol–water partition coefficient (Wildman–Crippen LogP) is 2.56. The van der Waals surface area contributed by atoms with Crippen LogP contribution in [0.4, 0.5) is 0 Å². The average molecular weight is 321 g/mol. The molecule has 0 spiro atoms. The number of carbonyl (C=O) groups is 1. The maximum Gasteiger partial charge on any atom is 0.223 e. The van der Waals surface area contributed by atoms with E-state index in [0.717, 1.165) is 38.4 Å². The van der Waals surface area contributed by atoms with Crippen molar-refractivity contribution in [2.75, 3.05) is 19.6 Å². The van der Waals surface area contributed by atoms with E-state index in [2.05, 4.69) is 28.1 Å². The molecule has 0 unspecified atom stereocenters. The molecular weight excluding hydrogens is 298 g/mol. The van der Waals surface area contributed by atoms with Crippen molar-refractivity contribution in [2.24, 2.45) is 11.8 Å². The number of nitrogens with zero attached hydrogens (tertiary/aromatic N) is 3. The summed E-state index contributed by atoms with van der Waals surface area (Å²) in [6.07, 6.45) is 2.54. The molecule has 1 aromatic heterocycles. The zero-order valence-corrected chi connectivity index (χ0v) is 13.8. The van der Waals surface area contributed by atoms with Gasteiger partial charge >= 0.3 is 0 Å². The summed E-state index contributed by atoms with van der Waals surface area (Å²) in [5.41, 5.74) is 2.33. The van der Waals surface area contributed by atoms with E-state index >= 15 is 0 Å². The molecule has 0 N–H and O–H groups in total. The number of hydrogen-bond donors (Lipinski definition) is 0. The maximum atomic E-state index is 12.5. The minimum absolute atomic E-state index is 0.305. The van der Waals surface area contributed by atoms with E-state index in [1.54, 1.807) is 0 Å². The van der Waals surface area contributed by atoms with Gasteiger partial charge in [0.05, 0.1) is 5.69 Å². The number of benzene rings is 1. The number of hydrogen-bond acceptors (Lipinski definition) is 3. The van der Waals surface area contributed by atoms with Crippen LogP contribution in [0.2, 0.25) is 0 Å². The fraction of sp³-hybridized carbons (Fsp3) is 0.400. The smallest absolute Gasteiger partial charge is 0.223 e. The summed E-state index contributed by atoms with van der Waals surface area (Å²) in [5, 5.41) is 0. The first-order valence-corrected chi connectivity index (χ1v) is 8.72. The van der Waals surface area contributed by atoms with Gasteiger partial charge in [-0.15, -0.1) is 0 Å². The highest BCUT2D eigenvalue weighted by Gasteiger charge is 2.40. The van der Waals surface area contributed by atoms with Gasteiger partial charge in [0, 0.05) is 45.3 Å². The number of likely N-dealkylation sites (tertiary alicyclic amines) is 2. The number of fused-ring (bicyclic) bond motifs is 1. The fourth-order valence-corrected chi connectivity index (χ4v) is 4.02. The molecule has 3 heterocycles. The Hall–Kier alpha value is -2.20. The van der Waals surface area contributed by atoms with Gasteiger partial charge in [0.25, 0.3) is 0 Å². The van der Waals surface area contributed by atoms with Gasteiger partial charge in [-0.2, -0.15) is 0 Å². The lowest BCUT2D eigenvalue weighted by Crippen LogP contribution is -2.43. The zero-order valence-electron chi connectivity index (χ0n) is 13.8. The molecule has 2 atom stereocenters. The Kier molecular flexibility index (Phi) is 4.30. The lowest BCUT2D eigenvalue weighted by Gasteiger charge is -2.34. The molecule has 4 nitrogen and oxygen atoms in total. The van der Waals surface area contributed by atoms with Crippen LogP contribution >= 0.6 is 0 Å². The number of pyridine rings is 1. The van der Waals surface area contributed by atoms with Crippen LogP contribution in [-0.2, 0) is 17.9 Å². The molecular formula is C20H23N3O. The Balaban J connectivity index is 1.39. The van der Waals surface area contributed by atoms with Crippen molar-refractivity contribution in [3.8, 4) is 0 Å². The quantitative estimate of drug-likeness (QED) is 0.868. The van der Waals surface area contributed by atoms with Crippen molar-refractivity contribution >= 4 is 5.91 Å². The van der Waals surface area contributed by atoms with Gasteiger partial charge in [0.15, 0.2) is 0 Å². The van der Waals surface area contributed by atoms with Crippen LogP contribution in [0.1, 0.15) is 17.7 Å². The molecule has 0 saturated carbocycles. The molecule has 24 heavy (non-hydrogen) atoms. The van der Waals surface area contributed by atoms with Crippen LogP contribution in [0.3, 0.4) is 0 Å². The van der Waals surface area contributed by atoms with Gasteiger partial charge in [-0.25, -0.2) is 0 Å². The van der Waals surface area contributed by atoms with E-state index in [9.17, 15) is 4.79 Å². The van der Waals surface area contributed by atoms with Gasteiger partial charge in [-0.3, -0.25) is 14.7 Å². The number of rotatable bonds is 4. The van der Waals surface area contributed by atoms with Crippen LogP contribution in [0.5, 0.6) is 0 Å². The van der Waals surface area contributed by atoms with Crippen molar-refractivity contribution in [1.29, 1.82) is 0 Å². The Bertz CT molecular complexity index is 689. The molecule has 2 fully saturated rings. The summed E-state index contributed by atoms with van der Waals surface area (Å²) in [4.78, 5) is 21.4. The molecule has 0 radical (unpaired) electrons. The minimum atomic E-state index is 0.305. The Morgan fingerprint density at radius 1 is 0.917 bits per heavy atom. The second-order valence-corrected chi connectivity index (χ2v) is 7.00. The first-order valence-electron chi connectivity index (χ1n) is 8.72. The Labute approximate surface area is 143 Å². The van der Waals surface area contributed by atoms with E-state index in [1.807, 2.05) is 41.4 Å². The summed E-state index contributed by atoms with van der Waals surface area (Å²) < 4.78 is 0. The van der Waals surface area contributed by atoms with Crippen LogP contribution < -0.4 is 0 Å². The highest BCUT2D eigenvalue weighted by molar-refractivity contribution is 5.77. The molecule has 2 aliphatic rings. The van der Waals surface area contributed by atoms with E-state index in [-0.39, 0.29) is 0 Å². The molecule has 124 valence electrons. The van der Waals surface area contributed by atoms with E-state index in [0.29, 0.717) is 24.2 Å². The van der Waals surface area contributed by atoms with Gasteiger partial charge in [-0.05, 0) is 29.5 Å².